The maximum atomic E-state index is 12.9. The Kier molecular flexibility index (Phi) is 6.18. The first-order valence-electron chi connectivity index (χ1n) is 11.7. The first-order chi connectivity index (χ1) is 17.0. The fraction of sp³-hybridized carbons (Fsp3) is 0.259. The Morgan fingerprint density at radius 3 is 2.74 bits per heavy atom. The van der Waals surface area contributed by atoms with E-state index >= 15 is 0 Å². The number of fused-ring (bicyclic) bond motifs is 2. The monoisotopic (exact) mass is 468 g/mol. The summed E-state index contributed by atoms with van der Waals surface area (Å²) < 4.78 is 7.05. The number of carbonyl (C=O) groups is 1. The van der Waals surface area contributed by atoms with Crippen LogP contribution in [0.25, 0.3) is 16.7 Å². The molecule has 8 heteroatoms. The quantitative estimate of drug-likeness (QED) is 0.357. The average molecular weight is 469 g/mol. The highest BCUT2D eigenvalue weighted by molar-refractivity contribution is 5.84. The van der Waals surface area contributed by atoms with E-state index in [1.165, 1.54) is 6.33 Å². The molecule has 0 aliphatic carbocycles. The lowest BCUT2D eigenvalue weighted by Gasteiger charge is -2.19. The second kappa shape index (κ2) is 9.58. The summed E-state index contributed by atoms with van der Waals surface area (Å²) in [6.45, 7) is 4.43. The molecule has 0 aliphatic heterocycles. The van der Waals surface area contributed by atoms with E-state index in [1.807, 2.05) is 44.3 Å². The van der Waals surface area contributed by atoms with E-state index in [1.54, 1.807) is 11.6 Å². The van der Waals surface area contributed by atoms with Crippen LogP contribution in [0, 0.1) is 13.8 Å². The molecule has 2 N–H and O–H groups in total. The van der Waals surface area contributed by atoms with Crippen LogP contribution in [0.5, 0.6) is 5.75 Å². The predicted molar refractivity (Wildman–Crippen MR) is 135 cm³/mol. The van der Waals surface area contributed by atoms with Gasteiger partial charge in [0.05, 0.1) is 7.11 Å². The molecule has 3 heterocycles. The highest BCUT2D eigenvalue weighted by Crippen LogP contribution is 2.31. The number of nitrogens with one attached hydrogen (secondary N) is 2. The SMILES string of the molecule is COc1ccc(C(CNC(=O)CCc2c(C)nc3ncnn3c2C)c2c[nH]c3ccccc23)cc1. The zero-order chi connectivity index (χ0) is 24.4. The molecule has 1 atom stereocenters. The summed E-state index contributed by atoms with van der Waals surface area (Å²) in [6, 6.07) is 16.3. The highest BCUT2D eigenvalue weighted by Gasteiger charge is 2.20. The number of rotatable bonds is 8. The Hall–Kier alpha value is -4.20. The molecule has 3 aromatic heterocycles. The summed E-state index contributed by atoms with van der Waals surface area (Å²) in [5, 5.41) is 8.56. The van der Waals surface area contributed by atoms with Gasteiger partial charge in [0, 0.05) is 47.4 Å². The van der Waals surface area contributed by atoms with E-state index < -0.39 is 0 Å². The zero-order valence-corrected chi connectivity index (χ0v) is 20.1. The van der Waals surface area contributed by atoms with Gasteiger partial charge in [0.2, 0.25) is 5.91 Å². The summed E-state index contributed by atoms with van der Waals surface area (Å²) in [6.07, 6.45) is 4.49. The number of hydrogen-bond acceptors (Lipinski definition) is 5. The molecule has 0 saturated heterocycles. The van der Waals surface area contributed by atoms with Crippen molar-refractivity contribution in [1.82, 2.24) is 29.9 Å². The van der Waals surface area contributed by atoms with Gasteiger partial charge in [-0.3, -0.25) is 4.79 Å². The van der Waals surface area contributed by atoms with Crippen LogP contribution in [-0.2, 0) is 11.2 Å². The third-order valence-corrected chi connectivity index (χ3v) is 6.61. The van der Waals surface area contributed by atoms with Gasteiger partial charge in [0.15, 0.2) is 0 Å². The van der Waals surface area contributed by atoms with Crippen LogP contribution in [0.15, 0.2) is 61.1 Å². The molecule has 0 bridgehead atoms. The number of nitrogens with zero attached hydrogens (tertiary/aromatic N) is 4. The summed E-state index contributed by atoms with van der Waals surface area (Å²) in [5.41, 5.74) is 6.22. The van der Waals surface area contributed by atoms with Crippen LogP contribution in [0.2, 0.25) is 0 Å². The lowest BCUT2D eigenvalue weighted by atomic mass is 9.90. The number of benzene rings is 2. The number of aromatic amines is 1. The van der Waals surface area contributed by atoms with E-state index in [-0.39, 0.29) is 11.8 Å². The van der Waals surface area contributed by atoms with Gasteiger partial charge >= 0.3 is 0 Å². The Morgan fingerprint density at radius 2 is 1.94 bits per heavy atom. The number of H-pyrrole nitrogens is 1. The first-order valence-corrected chi connectivity index (χ1v) is 11.7. The van der Waals surface area contributed by atoms with Gasteiger partial charge in [0.25, 0.3) is 5.78 Å². The molecule has 1 unspecified atom stereocenters. The van der Waals surface area contributed by atoms with E-state index in [0.717, 1.165) is 44.7 Å². The molecule has 1 amide bonds. The lowest BCUT2D eigenvalue weighted by molar-refractivity contribution is -0.121. The van der Waals surface area contributed by atoms with Gasteiger partial charge in [-0.1, -0.05) is 30.3 Å². The molecule has 0 saturated carbocycles. The van der Waals surface area contributed by atoms with Gasteiger partial charge in [-0.05, 0) is 55.2 Å². The van der Waals surface area contributed by atoms with Crippen LogP contribution in [-0.4, -0.2) is 44.1 Å². The molecule has 35 heavy (non-hydrogen) atoms. The number of amides is 1. The molecule has 8 nitrogen and oxygen atoms in total. The maximum absolute atomic E-state index is 12.9. The third-order valence-electron chi connectivity index (χ3n) is 6.61. The fourth-order valence-electron chi connectivity index (χ4n) is 4.69. The minimum atomic E-state index is -0.00218. The van der Waals surface area contributed by atoms with Crippen molar-refractivity contribution in [2.24, 2.45) is 0 Å². The van der Waals surface area contributed by atoms with Crippen molar-refractivity contribution in [3.8, 4) is 5.75 Å². The van der Waals surface area contributed by atoms with Gasteiger partial charge in [0.1, 0.15) is 12.1 Å². The largest absolute Gasteiger partial charge is 0.497 e. The summed E-state index contributed by atoms with van der Waals surface area (Å²) in [4.78, 5) is 25.0. The van der Waals surface area contributed by atoms with Gasteiger partial charge in [-0.15, -0.1) is 0 Å². The molecule has 0 radical (unpaired) electrons. The molecule has 0 aliphatic rings. The second-order valence-corrected chi connectivity index (χ2v) is 8.65. The van der Waals surface area contributed by atoms with E-state index in [9.17, 15) is 4.79 Å². The number of para-hydroxylation sites is 1. The highest BCUT2D eigenvalue weighted by atomic mass is 16.5. The zero-order valence-electron chi connectivity index (χ0n) is 20.1. The average Bonchev–Trinajstić information content (AvgIpc) is 3.52. The van der Waals surface area contributed by atoms with Crippen LogP contribution < -0.4 is 10.1 Å². The van der Waals surface area contributed by atoms with Crippen molar-refractivity contribution in [3.63, 3.8) is 0 Å². The Labute approximate surface area is 203 Å². The molecule has 178 valence electrons. The second-order valence-electron chi connectivity index (χ2n) is 8.65. The van der Waals surface area contributed by atoms with Crippen LogP contribution in [0.3, 0.4) is 0 Å². The molecular formula is C27H28N6O2. The van der Waals surface area contributed by atoms with Crippen LogP contribution in [0.4, 0.5) is 0 Å². The summed E-state index contributed by atoms with van der Waals surface area (Å²) >= 11 is 0. The van der Waals surface area contributed by atoms with Crippen molar-refractivity contribution in [1.29, 1.82) is 0 Å². The molecule has 0 fully saturated rings. The Balaban J connectivity index is 1.34. The standard InChI is InChI=1S/C27H28N6O2/c1-17-21(18(2)33-27(32-17)30-16-31-33)12-13-26(34)29-14-23(19-8-10-20(35-3)11-9-19)24-15-28-25-7-5-4-6-22(24)25/h4-11,15-16,23,28H,12-14H2,1-3H3,(H,29,34). The van der Waals surface area contributed by atoms with E-state index in [2.05, 4.69) is 49.6 Å². The number of carbonyl (C=O) groups excluding carboxylic acids is 1. The summed E-state index contributed by atoms with van der Waals surface area (Å²) in [7, 11) is 1.66. The van der Waals surface area contributed by atoms with Gasteiger partial charge in [-0.25, -0.2) is 9.50 Å². The van der Waals surface area contributed by atoms with Crippen LogP contribution in [0.1, 0.15) is 40.4 Å². The first kappa shape index (κ1) is 22.6. The predicted octanol–water partition coefficient (Wildman–Crippen LogP) is 4.11. The summed E-state index contributed by atoms with van der Waals surface area (Å²) in [5.74, 6) is 1.38. The van der Waals surface area contributed by atoms with Crippen molar-refractivity contribution in [2.75, 3.05) is 13.7 Å². The van der Waals surface area contributed by atoms with Crippen molar-refractivity contribution >= 4 is 22.6 Å². The number of methoxy groups -OCH3 is 1. The van der Waals surface area contributed by atoms with E-state index in [4.69, 9.17) is 4.74 Å². The van der Waals surface area contributed by atoms with Crippen LogP contribution >= 0.6 is 0 Å². The van der Waals surface area contributed by atoms with E-state index in [0.29, 0.717) is 25.2 Å². The van der Waals surface area contributed by atoms with Crippen molar-refractivity contribution < 1.29 is 9.53 Å². The normalized spacial score (nSPS) is 12.2. The number of aryl methyl sites for hydroxylation is 2. The molecule has 2 aromatic carbocycles. The number of aromatic nitrogens is 5. The third kappa shape index (κ3) is 4.47. The molecule has 0 spiro atoms. The van der Waals surface area contributed by atoms with Crippen molar-refractivity contribution in [3.05, 3.63) is 89.1 Å². The minimum absolute atomic E-state index is 0.000778. The van der Waals surface area contributed by atoms with Crippen molar-refractivity contribution in [2.45, 2.75) is 32.6 Å². The minimum Gasteiger partial charge on any atom is -0.497 e. The molecule has 5 aromatic rings. The fourth-order valence-corrected chi connectivity index (χ4v) is 4.69. The van der Waals surface area contributed by atoms with Gasteiger partial charge < -0.3 is 15.0 Å². The molecular weight excluding hydrogens is 440 g/mol. The Morgan fingerprint density at radius 1 is 1.14 bits per heavy atom. The topological polar surface area (TPSA) is 97.2 Å². The number of hydrogen-bond donors (Lipinski definition) is 2. The van der Waals surface area contributed by atoms with Gasteiger partial charge in [-0.2, -0.15) is 10.1 Å². The molecule has 5 rings (SSSR count). The number of ether oxygens (including phenoxy) is 1. The Bertz CT molecular complexity index is 1490. The maximum Gasteiger partial charge on any atom is 0.252 e. The lowest BCUT2D eigenvalue weighted by Crippen LogP contribution is -2.29. The smallest absolute Gasteiger partial charge is 0.252 e.